The smallest absolute Gasteiger partial charge is 0.335 e. The molecule has 0 aliphatic heterocycles. The van der Waals surface area contributed by atoms with Gasteiger partial charge in [-0.05, 0) is 56.0 Å². The monoisotopic (exact) mass is 319 g/mol. The number of ether oxygens (including phenoxy) is 1. The van der Waals surface area contributed by atoms with Gasteiger partial charge in [-0.15, -0.1) is 11.3 Å². The Hall–Kier alpha value is -2.34. The maximum Gasteiger partial charge on any atom is 0.335 e. The van der Waals surface area contributed by atoms with Crippen LogP contribution in [-0.2, 0) is 0 Å². The number of amides is 1. The Morgan fingerprint density at radius 3 is 2.55 bits per heavy atom. The van der Waals surface area contributed by atoms with E-state index in [-0.39, 0.29) is 17.6 Å². The minimum absolute atomic E-state index is 0.0881. The normalized spacial score (nSPS) is 10.5. The molecule has 2 aromatic rings. The van der Waals surface area contributed by atoms with E-state index in [0.717, 1.165) is 5.56 Å². The van der Waals surface area contributed by atoms with E-state index in [2.05, 4.69) is 5.32 Å². The topological polar surface area (TPSA) is 75.6 Å². The molecule has 0 bridgehead atoms. The minimum atomic E-state index is -1.06. The summed E-state index contributed by atoms with van der Waals surface area (Å²) in [5, 5.41) is 13.7. The fourth-order valence-electron chi connectivity index (χ4n) is 1.90. The van der Waals surface area contributed by atoms with Crippen molar-refractivity contribution in [1.82, 2.24) is 0 Å². The molecule has 0 radical (unpaired) electrons. The summed E-state index contributed by atoms with van der Waals surface area (Å²) < 4.78 is 5.62. The van der Waals surface area contributed by atoms with Crippen LogP contribution in [0.1, 0.15) is 39.4 Å². The van der Waals surface area contributed by atoms with Crippen molar-refractivity contribution in [2.45, 2.75) is 26.9 Å². The number of aryl methyl sites for hydroxylation is 1. The summed E-state index contributed by atoms with van der Waals surface area (Å²) in [6.45, 7) is 5.57. The van der Waals surface area contributed by atoms with E-state index in [1.165, 1.54) is 23.5 Å². The predicted octanol–water partition coefficient (Wildman–Crippen LogP) is 3.79. The molecule has 1 aromatic heterocycles. The molecule has 0 saturated carbocycles. The van der Waals surface area contributed by atoms with Crippen LogP contribution in [0.2, 0.25) is 0 Å². The summed E-state index contributed by atoms with van der Waals surface area (Å²) in [6.07, 6.45) is -0.0881. The van der Waals surface area contributed by atoms with Crippen molar-refractivity contribution >= 4 is 28.9 Å². The first kappa shape index (κ1) is 16.0. The Morgan fingerprint density at radius 1 is 1.27 bits per heavy atom. The molecule has 0 saturated heterocycles. The average molecular weight is 319 g/mol. The first-order valence-electron chi connectivity index (χ1n) is 6.78. The van der Waals surface area contributed by atoms with E-state index in [4.69, 9.17) is 9.84 Å². The van der Waals surface area contributed by atoms with Crippen molar-refractivity contribution in [2.24, 2.45) is 0 Å². The van der Waals surface area contributed by atoms with Gasteiger partial charge in [0, 0.05) is 0 Å². The molecule has 116 valence electrons. The van der Waals surface area contributed by atoms with Crippen LogP contribution in [0.4, 0.5) is 5.69 Å². The van der Waals surface area contributed by atoms with Crippen molar-refractivity contribution in [3.8, 4) is 5.75 Å². The predicted molar refractivity (Wildman–Crippen MR) is 86.2 cm³/mol. The van der Waals surface area contributed by atoms with Crippen LogP contribution in [-0.4, -0.2) is 23.1 Å². The third-order valence-electron chi connectivity index (χ3n) is 2.91. The molecule has 0 aliphatic rings. The summed E-state index contributed by atoms with van der Waals surface area (Å²) in [5.74, 6) is -0.884. The Morgan fingerprint density at radius 2 is 2.00 bits per heavy atom. The Labute approximate surface area is 132 Å². The number of carboxylic acid groups (broad SMARTS) is 1. The van der Waals surface area contributed by atoms with Gasteiger partial charge in [-0.3, -0.25) is 4.79 Å². The van der Waals surface area contributed by atoms with E-state index >= 15 is 0 Å². The summed E-state index contributed by atoms with van der Waals surface area (Å²) >= 11 is 1.34. The third kappa shape index (κ3) is 3.65. The number of hydrogen-bond donors (Lipinski definition) is 2. The second kappa shape index (κ2) is 6.62. The lowest BCUT2D eigenvalue weighted by molar-refractivity contribution is 0.0696. The van der Waals surface area contributed by atoms with Crippen molar-refractivity contribution in [1.29, 1.82) is 0 Å². The van der Waals surface area contributed by atoms with Crippen LogP contribution in [0, 0.1) is 6.92 Å². The lowest BCUT2D eigenvalue weighted by atomic mass is 10.1. The van der Waals surface area contributed by atoms with Crippen LogP contribution >= 0.6 is 11.3 Å². The van der Waals surface area contributed by atoms with Crippen molar-refractivity contribution in [3.63, 3.8) is 0 Å². The molecule has 0 atom stereocenters. The third-order valence-corrected chi connectivity index (χ3v) is 3.92. The van der Waals surface area contributed by atoms with Crippen LogP contribution in [0.25, 0.3) is 0 Å². The highest BCUT2D eigenvalue weighted by Gasteiger charge is 2.16. The molecule has 0 unspecified atom stereocenters. The second-order valence-electron chi connectivity index (χ2n) is 5.07. The SMILES string of the molecule is Cc1ccsc1C(=O)Nc1cc(C(=O)O)ccc1OC(C)C. The van der Waals surface area contributed by atoms with E-state index in [1.54, 1.807) is 6.07 Å². The number of carboxylic acids is 1. The Bertz CT molecular complexity index is 706. The van der Waals surface area contributed by atoms with Gasteiger partial charge in [0.25, 0.3) is 5.91 Å². The summed E-state index contributed by atoms with van der Waals surface area (Å²) in [6, 6.07) is 6.27. The highest BCUT2D eigenvalue weighted by Crippen LogP contribution is 2.28. The number of anilines is 1. The molecule has 2 rings (SSSR count). The van der Waals surface area contributed by atoms with Gasteiger partial charge in [0.05, 0.1) is 22.2 Å². The van der Waals surface area contributed by atoms with Crippen LogP contribution in [0.5, 0.6) is 5.75 Å². The standard InChI is InChI=1S/C16H17NO4S/c1-9(2)21-13-5-4-11(16(19)20)8-12(13)17-15(18)14-10(3)6-7-22-14/h4-9H,1-3H3,(H,17,18)(H,19,20). The molecule has 1 amide bonds. The molecule has 22 heavy (non-hydrogen) atoms. The van der Waals surface area contributed by atoms with E-state index in [9.17, 15) is 9.59 Å². The summed E-state index contributed by atoms with van der Waals surface area (Å²) in [5.41, 5.74) is 1.32. The first-order valence-corrected chi connectivity index (χ1v) is 7.66. The number of aromatic carboxylic acids is 1. The largest absolute Gasteiger partial charge is 0.489 e. The van der Waals surface area contributed by atoms with Crippen molar-refractivity contribution in [2.75, 3.05) is 5.32 Å². The first-order chi connectivity index (χ1) is 10.4. The van der Waals surface area contributed by atoms with Gasteiger partial charge in [-0.2, -0.15) is 0 Å². The number of carbonyl (C=O) groups excluding carboxylic acids is 1. The number of nitrogens with one attached hydrogen (secondary N) is 1. The fourth-order valence-corrected chi connectivity index (χ4v) is 2.72. The zero-order valence-electron chi connectivity index (χ0n) is 12.5. The van der Waals surface area contributed by atoms with E-state index < -0.39 is 5.97 Å². The van der Waals surface area contributed by atoms with Crippen molar-refractivity contribution in [3.05, 3.63) is 45.6 Å². The van der Waals surface area contributed by atoms with Crippen molar-refractivity contribution < 1.29 is 19.4 Å². The number of carbonyl (C=O) groups is 2. The molecule has 5 nitrogen and oxygen atoms in total. The zero-order valence-corrected chi connectivity index (χ0v) is 13.4. The summed E-state index contributed by atoms with van der Waals surface area (Å²) in [4.78, 5) is 24.0. The molecular formula is C16H17NO4S. The van der Waals surface area contributed by atoms with Gasteiger partial charge in [-0.25, -0.2) is 4.79 Å². The van der Waals surface area contributed by atoms with Gasteiger partial charge < -0.3 is 15.2 Å². The van der Waals surface area contributed by atoms with Gasteiger partial charge in [0.1, 0.15) is 5.75 Å². The number of hydrogen-bond acceptors (Lipinski definition) is 4. The quantitative estimate of drug-likeness (QED) is 0.879. The Kier molecular flexibility index (Phi) is 4.82. The van der Waals surface area contributed by atoms with Gasteiger partial charge in [0.2, 0.25) is 0 Å². The molecular weight excluding hydrogens is 302 g/mol. The van der Waals surface area contributed by atoms with Gasteiger partial charge >= 0.3 is 5.97 Å². The number of rotatable bonds is 5. The van der Waals surface area contributed by atoms with Gasteiger partial charge in [0.15, 0.2) is 0 Å². The molecule has 1 aromatic carbocycles. The molecule has 6 heteroatoms. The maximum absolute atomic E-state index is 12.3. The lowest BCUT2D eigenvalue weighted by Gasteiger charge is -2.15. The highest BCUT2D eigenvalue weighted by atomic mass is 32.1. The minimum Gasteiger partial charge on any atom is -0.489 e. The lowest BCUT2D eigenvalue weighted by Crippen LogP contribution is -2.15. The second-order valence-corrected chi connectivity index (χ2v) is 5.99. The van der Waals surface area contributed by atoms with E-state index in [0.29, 0.717) is 16.3 Å². The van der Waals surface area contributed by atoms with Crippen LogP contribution in [0.3, 0.4) is 0 Å². The zero-order chi connectivity index (χ0) is 16.3. The molecule has 1 heterocycles. The molecule has 0 fully saturated rings. The van der Waals surface area contributed by atoms with Crippen LogP contribution < -0.4 is 10.1 Å². The van der Waals surface area contributed by atoms with Crippen LogP contribution in [0.15, 0.2) is 29.6 Å². The van der Waals surface area contributed by atoms with E-state index in [1.807, 2.05) is 32.2 Å². The summed E-state index contributed by atoms with van der Waals surface area (Å²) in [7, 11) is 0. The number of thiophene rings is 1. The number of benzene rings is 1. The maximum atomic E-state index is 12.3. The molecule has 0 spiro atoms. The molecule has 0 aliphatic carbocycles. The van der Waals surface area contributed by atoms with Gasteiger partial charge in [-0.1, -0.05) is 0 Å². The average Bonchev–Trinajstić information content (AvgIpc) is 2.86. The highest BCUT2D eigenvalue weighted by molar-refractivity contribution is 7.12. The Balaban J connectivity index is 2.34. The molecule has 2 N–H and O–H groups in total. The fraction of sp³-hybridized carbons (Fsp3) is 0.250.